The number of unbranched alkanes of at least 4 members (excludes halogenated alkanes) is 3. The topological polar surface area (TPSA) is 13.1 Å². The van der Waals surface area contributed by atoms with E-state index in [9.17, 15) is 0 Å². The Labute approximate surface area is 98.2 Å². The minimum Gasteiger partial charge on any atom is -0.457 e. The van der Waals surface area contributed by atoms with E-state index in [1.807, 2.05) is 0 Å². The van der Waals surface area contributed by atoms with Crippen molar-refractivity contribution in [3.05, 3.63) is 23.3 Å². The maximum absolute atomic E-state index is 5.69. The van der Waals surface area contributed by atoms with Crippen molar-refractivity contribution in [2.45, 2.75) is 58.8 Å². The summed E-state index contributed by atoms with van der Waals surface area (Å²) in [7, 11) is 0. The van der Waals surface area contributed by atoms with Gasteiger partial charge in [-0.1, -0.05) is 39.5 Å². The summed E-state index contributed by atoms with van der Waals surface area (Å²) in [6.45, 7) is 6.72. The van der Waals surface area contributed by atoms with Crippen molar-refractivity contribution in [2.24, 2.45) is 0 Å². The molecule has 0 spiro atoms. The molecule has 1 atom stereocenters. The maximum atomic E-state index is 5.69. The highest BCUT2D eigenvalue weighted by molar-refractivity contribution is 5.71. The third-order valence-electron chi connectivity index (χ3n) is 3.52. The molecule has 2 aromatic rings. The van der Waals surface area contributed by atoms with Gasteiger partial charge in [0.15, 0.2) is 0 Å². The van der Waals surface area contributed by atoms with E-state index >= 15 is 0 Å². The van der Waals surface area contributed by atoms with Crippen LogP contribution in [0.5, 0.6) is 0 Å². The average Bonchev–Trinajstić information content (AvgIpc) is 2.82. The van der Waals surface area contributed by atoms with Crippen molar-refractivity contribution in [3.63, 3.8) is 0 Å². The fourth-order valence-corrected chi connectivity index (χ4v) is 2.48. The molecule has 0 fully saturated rings. The van der Waals surface area contributed by atoms with Crippen LogP contribution in [0.15, 0.2) is 16.5 Å². The Hall–Kier alpha value is -0.980. The summed E-state index contributed by atoms with van der Waals surface area (Å²) < 4.78 is 5.69. The predicted octanol–water partition coefficient (Wildman–Crippen LogP) is 5.25. The molecule has 1 unspecified atom stereocenters. The van der Waals surface area contributed by atoms with E-state index in [1.165, 1.54) is 43.2 Å². The molecule has 0 N–H and O–H groups in total. The monoisotopic (exact) mass is 218 g/mol. The summed E-state index contributed by atoms with van der Waals surface area (Å²) in [5.74, 6) is 0.646. The fourth-order valence-electron chi connectivity index (χ4n) is 2.48. The molecule has 0 saturated heterocycles. The lowest BCUT2D eigenvalue weighted by atomic mass is 9.94. The Morgan fingerprint density at radius 2 is 2.00 bits per heavy atom. The highest BCUT2D eigenvalue weighted by Crippen LogP contribution is 2.34. The van der Waals surface area contributed by atoms with Crippen LogP contribution >= 0.6 is 0 Å². The lowest BCUT2D eigenvalue weighted by molar-refractivity contribution is 0.578. The summed E-state index contributed by atoms with van der Waals surface area (Å²) in [6.07, 6.45) is 6.69. The molecule has 0 aliphatic heterocycles. The fraction of sp³-hybridized carbons (Fsp3) is 0.600. The van der Waals surface area contributed by atoms with Crippen molar-refractivity contribution in [2.75, 3.05) is 0 Å². The standard InChI is InChI=1S/C15H22O/c1-4-5-6-7-8-11(2)14-10-13-9-12(3)15(14)16-13/h9-11H,4-8H2,1-3H3. The number of benzene rings is 1. The Bertz CT molecular complexity index is 427. The van der Waals surface area contributed by atoms with Gasteiger partial charge in [-0.3, -0.25) is 0 Å². The van der Waals surface area contributed by atoms with Crippen LogP contribution in [0.1, 0.15) is 63.0 Å². The van der Waals surface area contributed by atoms with Crippen LogP contribution in [-0.2, 0) is 0 Å². The largest absolute Gasteiger partial charge is 0.457 e. The molecule has 2 aromatic heterocycles. The SMILES string of the molecule is CCCCCCC(C)c1cc2cc(C)c1o2. The van der Waals surface area contributed by atoms with Crippen molar-refractivity contribution in [1.29, 1.82) is 0 Å². The van der Waals surface area contributed by atoms with Crippen LogP contribution in [0.3, 0.4) is 0 Å². The lowest BCUT2D eigenvalue weighted by Gasteiger charge is -2.10. The molecule has 88 valence electrons. The van der Waals surface area contributed by atoms with E-state index < -0.39 is 0 Å². The number of furan rings is 2. The van der Waals surface area contributed by atoms with Gasteiger partial charge in [-0.2, -0.15) is 0 Å². The van der Waals surface area contributed by atoms with E-state index in [0.29, 0.717) is 5.92 Å². The second-order valence-electron chi connectivity index (χ2n) is 5.01. The van der Waals surface area contributed by atoms with Gasteiger partial charge in [0.1, 0.15) is 11.2 Å². The zero-order valence-corrected chi connectivity index (χ0v) is 10.7. The molecule has 0 amide bonds. The summed E-state index contributed by atoms with van der Waals surface area (Å²) in [5.41, 5.74) is 4.90. The van der Waals surface area contributed by atoms with Crippen LogP contribution in [0, 0.1) is 6.92 Å². The maximum Gasteiger partial charge on any atom is 0.134 e. The molecule has 0 aliphatic rings. The molecule has 0 saturated carbocycles. The Kier molecular flexibility index (Phi) is 3.52. The van der Waals surface area contributed by atoms with Gasteiger partial charge in [-0.15, -0.1) is 0 Å². The Morgan fingerprint density at radius 1 is 1.19 bits per heavy atom. The number of fused-ring (bicyclic) bond motifs is 2. The molecule has 2 heterocycles. The molecular weight excluding hydrogens is 196 g/mol. The van der Waals surface area contributed by atoms with E-state index in [1.54, 1.807) is 0 Å². The van der Waals surface area contributed by atoms with Gasteiger partial charge in [-0.25, -0.2) is 0 Å². The Balaban J connectivity index is 1.93. The van der Waals surface area contributed by atoms with Crippen LogP contribution in [0.2, 0.25) is 0 Å². The normalized spacial score (nSPS) is 13.7. The van der Waals surface area contributed by atoms with Gasteiger partial charge in [0.05, 0.1) is 0 Å². The molecule has 2 bridgehead atoms. The van der Waals surface area contributed by atoms with Crippen molar-refractivity contribution in [3.8, 4) is 0 Å². The van der Waals surface area contributed by atoms with Gasteiger partial charge in [0.2, 0.25) is 0 Å². The molecule has 1 nitrogen and oxygen atoms in total. The first-order chi connectivity index (χ1) is 7.72. The smallest absolute Gasteiger partial charge is 0.134 e. The van der Waals surface area contributed by atoms with Crippen LogP contribution in [-0.4, -0.2) is 0 Å². The summed E-state index contributed by atoms with van der Waals surface area (Å²) >= 11 is 0. The number of hydrogen-bond acceptors (Lipinski definition) is 1. The second kappa shape index (κ2) is 4.90. The van der Waals surface area contributed by atoms with Crippen molar-refractivity contribution in [1.82, 2.24) is 0 Å². The van der Waals surface area contributed by atoms with Gasteiger partial charge in [-0.05, 0) is 37.0 Å². The van der Waals surface area contributed by atoms with Crippen LogP contribution in [0.4, 0.5) is 0 Å². The summed E-state index contributed by atoms with van der Waals surface area (Å²) in [6, 6.07) is 4.34. The number of aryl methyl sites for hydroxylation is 1. The highest BCUT2D eigenvalue weighted by atomic mass is 16.3. The van der Waals surface area contributed by atoms with Crippen LogP contribution in [0.25, 0.3) is 11.2 Å². The Morgan fingerprint density at radius 3 is 2.62 bits per heavy atom. The molecule has 1 heteroatoms. The third-order valence-corrected chi connectivity index (χ3v) is 3.52. The molecule has 0 radical (unpaired) electrons. The van der Waals surface area contributed by atoms with E-state index in [0.717, 1.165) is 11.2 Å². The molecule has 2 rings (SSSR count). The van der Waals surface area contributed by atoms with Gasteiger partial charge < -0.3 is 4.42 Å². The lowest BCUT2D eigenvalue weighted by Crippen LogP contribution is -1.93. The zero-order chi connectivity index (χ0) is 11.5. The first kappa shape index (κ1) is 11.5. The molecule has 0 aliphatic carbocycles. The van der Waals surface area contributed by atoms with E-state index in [2.05, 4.69) is 32.9 Å². The van der Waals surface area contributed by atoms with Gasteiger partial charge in [0, 0.05) is 5.56 Å². The van der Waals surface area contributed by atoms with Gasteiger partial charge in [0.25, 0.3) is 0 Å². The van der Waals surface area contributed by atoms with E-state index in [4.69, 9.17) is 4.42 Å². The molecule has 0 aromatic carbocycles. The quantitative estimate of drug-likeness (QED) is 0.603. The van der Waals surface area contributed by atoms with Crippen molar-refractivity contribution < 1.29 is 4.42 Å². The third kappa shape index (κ3) is 2.23. The minimum absolute atomic E-state index is 0.646. The first-order valence-corrected chi connectivity index (χ1v) is 6.54. The summed E-state index contributed by atoms with van der Waals surface area (Å²) in [4.78, 5) is 0. The molecular formula is C15H22O. The number of hydrogen-bond donors (Lipinski definition) is 0. The summed E-state index contributed by atoms with van der Waals surface area (Å²) in [5, 5.41) is 0. The minimum atomic E-state index is 0.646. The van der Waals surface area contributed by atoms with Crippen molar-refractivity contribution >= 4 is 11.2 Å². The molecule has 16 heavy (non-hydrogen) atoms. The highest BCUT2D eigenvalue weighted by Gasteiger charge is 2.16. The second-order valence-corrected chi connectivity index (χ2v) is 5.01. The van der Waals surface area contributed by atoms with Crippen LogP contribution < -0.4 is 0 Å². The van der Waals surface area contributed by atoms with E-state index in [-0.39, 0.29) is 0 Å². The van der Waals surface area contributed by atoms with Gasteiger partial charge >= 0.3 is 0 Å². The predicted molar refractivity (Wildman–Crippen MR) is 69.3 cm³/mol. The average molecular weight is 218 g/mol. The number of rotatable bonds is 6. The zero-order valence-electron chi connectivity index (χ0n) is 10.7. The first-order valence-electron chi connectivity index (χ1n) is 6.54.